The number of nitrogens with zero attached hydrogens (tertiary/aromatic N) is 1. The summed E-state index contributed by atoms with van der Waals surface area (Å²) < 4.78 is 0. The van der Waals surface area contributed by atoms with Crippen molar-refractivity contribution in [1.29, 1.82) is 0 Å². The maximum Gasteiger partial charge on any atom is 0.121 e. The van der Waals surface area contributed by atoms with Crippen LogP contribution < -0.4 is 0 Å². The van der Waals surface area contributed by atoms with Gasteiger partial charge in [-0.1, -0.05) is 29.8 Å². The number of hydrogen-bond acceptors (Lipinski definition) is 2. The van der Waals surface area contributed by atoms with Gasteiger partial charge in [-0.15, -0.1) is 0 Å². The van der Waals surface area contributed by atoms with Crippen molar-refractivity contribution in [2.75, 3.05) is 0 Å². The summed E-state index contributed by atoms with van der Waals surface area (Å²) in [6.45, 7) is 0. The largest absolute Gasteiger partial charge is 0.382 e. The Labute approximate surface area is 93.2 Å². The van der Waals surface area contributed by atoms with Crippen molar-refractivity contribution in [3.05, 3.63) is 64.9 Å². The van der Waals surface area contributed by atoms with Crippen molar-refractivity contribution in [3.8, 4) is 0 Å². The molecule has 2 aromatic rings. The lowest BCUT2D eigenvalue weighted by atomic mass is 10.1. The van der Waals surface area contributed by atoms with E-state index in [1.165, 1.54) is 0 Å². The van der Waals surface area contributed by atoms with Crippen LogP contribution in [0, 0.1) is 0 Å². The zero-order chi connectivity index (χ0) is 10.7. The Hall–Kier alpha value is -1.38. The normalized spacial score (nSPS) is 12.4. The van der Waals surface area contributed by atoms with E-state index < -0.39 is 6.10 Å². The molecule has 1 heterocycles. The lowest BCUT2D eigenvalue weighted by molar-refractivity contribution is 0.215. The zero-order valence-corrected chi connectivity index (χ0v) is 8.72. The highest BCUT2D eigenvalue weighted by atomic mass is 35.5. The Morgan fingerprint density at radius 1 is 1.07 bits per heavy atom. The van der Waals surface area contributed by atoms with Gasteiger partial charge in [0, 0.05) is 11.2 Å². The van der Waals surface area contributed by atoms with Gasteiger partial charge in [0.25, 0.3) is 0 Å². The highest BCUT2D eigenvalue weighted by Gasteiger charge is 2.10. The monoisotopic (exact) mass is 219 g/mol. The van der Waals surface area contributed by atoms with Gasteiger partial charge in [-0.05, 0) is 29.8 Å². The summed E-state index contributed by atoms with van der Waals surface area (Å²) in [6.07, 6.45) is 0.970. The summed E-state index contributed by atoms with van der Waals surface area (Å²) >= 11 is 5.77. The lowest BCUT2D eigenvalue weighted by Crippen LogP contribution is -2.01. The minimum Gasteiger partial charge on any atom is -0.382 e. The predicted molar refractivity (Wildman–Crippen MR) is 59.8 cm³/mol. The fourth-order valence-electron chi connectivity index (χ4n) is 1.35. The molecule has 1 N–H and O–H groups in total. The summed E-state index contributed by atoms with van der Waals surface area (Å²) in [6, 6.07) is 12.5. The molecule has 2 rings (SSSR count). The first kappa shape index (κ1) is 10.1. The first-order valence-electron chi connectivity index (χ1n) is 4.62. The lowest BCUT2D eigenvalue weighted by Gasteiger charge is -2.09. The third kappa shape index (κ3) is 2.35. The predicted octanol–water partition coefficient (Wildman–Crippen LogP) is 2.82. The SMILES string of the molecule is O[C@@H](c1ccc(Cl)cc1)c1ccccn1. The van der Waals surface area contributed by atoms with Gasteiger partial charge in [-0.2, -0.15) is 0 Å². The highest BCUT2D eigenvalue weighted by Crippen LogP contribution is 2.21. The number of rotatable bonds is 2. The third-order valence-corrected chi connectivity index (χ3v) is 2.41. The fourth-order valence-corrected chi connectivity index (χ4v) is 1.48. The van der Waals surface area contributed by atoms with Crippen molar-refractivity contribution in [2.45, 2.75) is 6.10 Å². The molecule has 2 nitrogen and oxygen atoms in total. The van der Waals surface area contributed by atoms with Crippen LogP contribution in [-0.2, 0) is 0 Å². The van der Waals surface area contributed by atoms with E-state index in [9.17, 15) is 5.11 Å². The molecule has 1 aromatic heterocycles. The van der Waals surface area contributed by atoms with Crippen molar-refractivity contribution in [3.63, 3.8) is 0 Å². The van der Waals surface area contributed by atoms with Crippen LogP contribution in [0.4, 0.5) is 0 Å². The van der Waals surface area contributed by atoms with E-state index in [2.05, 4.69) is 4.98 Å². The smallest absolute Gasteiger partial charge is 0.121 e. The van der Waals surface area contributed by atoms with Crippen LogP contribution >= 0.6 is 11.6 Å². The van der Waals surface area contributed by atoms with Crippen molar-refractivity contribution in [1.82, 2.24) is 4.98 Å². The number of benzene rings is 1. The second-order valence-corrected chi connectivity index (χ2v) is 3.65. The summed E-state index contributed by atoms with van der Waals surface area (Å²) in [7, 11) is 0. The number of aliphatic hydroxyl groups excluding tert-OH is 1. The molecule has 15 heavy (non-hydrogen) atoms. The van der Waals surface area contributed by atoms with Gasteiger partial charge in [0.2, 0.25) is 0 Å². The summed E-state index contributed by atoms with van der Waals surface area (Å²) in [5.41, 5.74) is 1.43. The van der Waals surface area contributed by atoms with Crippen LogP contribution in [0.1, 0.15) is 17.4 Å². The number of pyridine rings is 1. The van der Waals surface area contributed by atoms with Crippen molar-refractivity contribution >= 4 is 11.6 Å². The number of aliphatic hydroxyl groups is 1. The van der Waals surface area contributed by atoms with Gasteiger partial charge in [-0.25, -0.2) is 0 Å². The van der Waals surface area contributed by atoms with E-state index in [1.54, 1.807) is 36.5 Å². The first-order chi connectivity index (χ1) is 7.27. The van der Waals surface area contributed by atoms with E-state index >= 15 is 0 Å². The van der Waals surface area contributed by atoms with Crippen LogP contribution in [-0.4, -0.2) is 10.1 Å². The second-order valence-electron chi connectivity index (χ2n) is 3.21. The summed E-state index contributed by atoms with van der Waals surface area (Å²) in [4.78, 5) is 4.09. The molecule has 0 fully saturated rings. The highest BCUT2D eigenvalue weighted by molar-refractivity contribution is 6.30. The molecule has 3 heteroatoms. The molecule has 0 amide bonds. The molecular formula is C12H10ClNO. The Morgan fingerprint density at radius 2 is 1.80 bits per heavy atom. The molecule has 0 spiro atoms. The molecule has 0 aliphatic rings. The second kappa shape index (κ2) is 4.43. The van der Waals surface area contributed by atoms with Gasteiger partial charge >= 0.3 is 0 Å². The van der Waals surface area contributed by atoms with Gasteiger partial charge in [-0.3, -0.25) is 4.98 Å². The van der Waals surface area contributed by atoms with E-state index in [1.807, 2.05) is 12.1 Å². The third-order valence-electron chi connectivity index (χ3n) is 2.15. The van der Waals surface area contributed by atoms with Crippen LogP contribution in [0.3, 0.4) is 0 Å². The summed E-state index contributed by atoms with van der Waals surface area (Å²) in [5.74, 6) is 0. The van der Waals surface area contributed by atoms with E-state index in [-0.39, 0.29) is 0 Å². The fraction of sp³-hybridized carbons (Fsp3) is 0.0833. The maximum atomic E-state index is 9.98. The molecule has 0 aliphatic carbocycles. The van der Waals surface area contributed by atoms with E-state index in [0.717, 1.165) is 5.56 Å². The molecule has 0 unspecified atom stereocenters. The number of aromatic nitrogens is 1. The number of halogens is 1. The summed E-state index contributed by atoms with van der Waals surface area (Å²) in [5, 5.41) is 10.6. The van der Waals surface area contributed by atoms with Gasteiger partial charge in [0.1, 0.15) is 6.10 Å². The maximum absolute atomic E-state index is 9.98. The van der Waals surface area contributed by atoms with Crippen molar-refractivity contribution in [2.24, 2.45) is 0 Å². The minimum absolute atomic E-state index is 0.639. The zero-order valence-electron chi connectivity index (χ0n) is 7.97. The molecule has 0 radical (unpaired) electrons. The average molecular weight is 220 g/mol. The van der Waals surface area contributed by atoms with E-state index in [0.29, 0.717) is 10.7 Å². The average Bonchev–Trinajstić information content (AvgIpc) is 2.30. The molecule has 0 bridgehead atoms. The van der Waals surface area contributed by atoms with Gasteiger partial charge in [0.15, 0.2) is 0 Å². The van der Waals surface area contributed by atoms with Crippen LogP contribution in [0.25, 0.3) is 0 Å². The topological polar surface area (TPSA) is 33.1 Å². The molecule has 0 saturated carbocycles. The van der Waals surface area contributed by atoms with Crippen molar-refractivity contribution < 1.29 is 5.11 Å². The molecule has 0 saturated heterocycles. The number of hydrogen-bond donors (Lipinski definition) is 1. The Bertz CT molecular complexity index is 427. The van der Waals surface area contributed by atoms with Gasteiger partial charge in [0.05, 0.1) is 5.69 Å². The Morgan fingerprint density at radius 3 is 2.40 bits per heavy atom. The Kier molecular flexibility index (Phi) is 2.99. The first-order valence-corrected chi connectivity index (χ1v) is 4.99. The van der Waals surface area contributed by atoms with Crippen LogP contribution in [0.2, 0.25) is 5.02 Å². The Balaban J connectivity index is 2.29. The van der Waals surface area contributed by atoms with Crippen LogP contribution in [0.5, 0.6) is 0 Å². The molecule has 1 atom stereocenters. The quantitative estimate of drug-likeness (QED) is 0.843. The molecule has 1 aromatic carbocycles. The molecule has 0 aliphatic heterocycles. The van der Waals surface area contributed by atoms with Gasteiger partial charge < -0.3 is 5.11 Å². The van der Waals surface area contributed by atoms with E-state index in [4.69, 9.17) is 11.6 Å². The molecular weight excluding hydrogens is 210 g/mol. The minimum atomic E-state index is -0.691. The van der Waals surface area contributed by atoms with Crippen LogP contribution in [0.15, 0.2) is 48.7 Å². The molecule has 76 valence electrons. The standard InChI is InChI=1S/C12H10ClNO/c13-10-6-4-9(5-7-10)12(15)11-3-1-2-8-14-11/h1-8,12,15H/t12-/m0/s1.